The maximum atomic E-state index is 13.0. The van der Waals surface area contributed by atoms with Crippen LogP contribution in [0.5, 0.6) is 5.75 Å². The van der Waals surface area contributed by atoms with E-state index in [1.165, 1.54) is 46.1 Å². The zero-order chi connectivity index (χ0) is 25.6. The van der Waals surface area contributed by atoms with Gasteiger partial charge in [0.15, 0.2) is 0 Å². The Morgan fingerprint density at radius 1 is 1.03 bits per heavy atom. The fraction of sp³-hybridized carbons (Fsp3) is 0.435. The molecule has 10 nitrogen and oxygen atoms in total. The molecule has 0 aliphatic carbocycles. The molecule has 1 amide bonds. The average Bonchev–Trinajstić information content (AvgIpc) is 2.88. The molecular formula is C23H31N3O7S2. The lowest BCUT2D eigenvalue weighted by atomic mass is 10.2. The van der Waals surface area contributed by atoms with Crippen LogP contribution in [0.4, 0.5) is 0 Å². The van der Waals surface area contributed by atoms with E-state index in [1.807, 2.05) is 0 Å². The fourth-order valence-corrected chi connectivity index (χ4v) is 6.77. The second-order valence-corrected chi connectivity index (χ2v) is 11.6. The largest absolute Gasteiger partial charge is 0.495 e. The third-order valence-corrected chi connectivity index (χ3v) is 9.72. The highest BCUT2D eigenvalue weighted by Gasteiger charge is 2.27. The summed E-state index contributed by atoms with van der Waals surface area (Å²) in [5.74, 6) is -0.306. The predicted molar refractivity (Wildman–Crippen MR) is 130 cm³/mol. The van der Waals surface area contributed by atoms with Gasteiger partial charge in [-0.15, -0.1) is 0 Å². The number of hydrogen-bond acceptors (Lipinski definition) is 7. The molecule has 3 rings (SSSR count). The number of carbonyl (C=O) groups excluding carboxylic acids is 1. The van der Waals surface area contributed by atoms with E-state index in [0.717, 1.165) is 0 Å². The number of sulfonamides is 2. The lowest BCUT2D eigenvalue weighted by molar-refractivity contribution is 0.0730. The van der Waals surface area contributed by atoms with Crippen molar-refractivity contribution in [3.05, 3.63) is 53.6 Å². The van der Waals surface area contributed by atoms with Crippen LogP contribution in [0.2, 0.25) is 0 Å². The van der Waals surface area contributed by atoms with Crippen LogP contribution in [0.1, 0.15) is 29.8 Å². The topological polar surface area (TPSA) is 122 Å². The first-order valence-electron chi connectivity index (χ1n) is 11.3. The van der Waals surface area contributed by atoms with E-state index in [0.29, 0.717) is 31.9 Å². The Bertz CT molecular complexity index is 1240. The Morgan fingerprint density at radius 3 is 2.23 bits per heavy atom. The van der Waals surface area contributed by atoms with Crippen molar-refractivity contribution in [2.75, 3.05) is 46.5 Å². The third kappa shape index (κ3) is 6.01. The number of hydrogen-bond donors (Lipinski definition) is 1. The van der Waals surface area contributed by atoms with Crippen molar-refractivity contribution in [1.82, 2.24) is 13.9 Å². The van der Waals surface area contributed by atoms with Crippen molar-refractivity contribution in [3.63, 3.8) is 0 Å². The number of methoxy groups -OCH3 is 1. The van der Waals surface area contributed by atoms with Crippen molar-refractivity contribution < 1.29 is 31.1 Å². The molecule has 0 atom stereocenters. The van der Waals surface area contributed by atoms with E-state index in [4.69, 9.17) is 9.47 Å². The van der Waals surface area contributed by atoms with E-state index in [2.05, 4.69) is 5.32 Å². The molecule has 1 N–H and O–H groups in total. The summed E-state index contributed by atoms with van der Waals surface area (Å²) in [6, 6.07) is 10.5. The van der Waals surface area contributed by atoms with Gasteiger partial charge in [-0.25, -0.2) is 16.8 Å². The summed E-state index contributed by atoms with van der Waals surface area (Å²) < 4.78 is 64.6. The third-order valence-electron chi connectivity index (χ3n) is 5.73. The van der Waals surface area contributed by atoms with Crippen LogP contribution in [0, 0.1) is 0 Å². The molecule has 1 aliphatic heterocycles. The van der Waals surface area contributed by atoms with Crippen LogP contribution < -0.4 is 10.1 Å². The molecule has 12 heteroatoms. The van der Waals surface area contributed by atoms with E-state index in [-0.39, 0.29) is 40.7 Å². The summed E-state index contributed by atoms with van der Waals surface area (Å²) in [5, 5.41) is 2.75. The van der Waals surface area contributed by atoms with Crippen LogP contribution >= 0.6 is 0 Å². The molecule has 0 aromatic heterocycles. The minimum Gasteiger partial charge on any atom is -0.495 e. The Morgan fingerprint density at radius 2 is 1.66 bits per heavy atom. The molecule has 1 fully saturated rings. The Hall–Kier alpha value is -2.51. The minimum atomic E-state index is -3.84. The number of nitrogens with zero attached hydrogens (tertiary/aromatic N) is 2. The highest BCUT2D eigenvalue weighted by molar-refractivity contribution is 7.89. The van der Waals surface area contributed by atoms with Gasteiger partial charge in [0.25, 0.3) is 5.91 Å². The van der Waals surface area contributed by atoms with Crippen molar-refractivity contribution in [1.29, 1.82) is 0 Å². The maximum Gasteiger partial charge on any atom is 0.251 e. The second-order valence-electron chi connectivity index (χ2n) is 7.80. The molecule has 1 saturated heterocycles. The minimum absolute atomic E-state index is 0.0750. The molecule has 35 heavy (non-hydrogen) atoms. The van der Waals surface area contributed by atoms with Gasteiger partial charge >= 0.3 is 0 Å². The second kappa shape index (κ2) is 11.5. The lowest BCUT2D eigenvalue weighted by Crippen LogP contribution is -2.40. The van der Waals surface area contributed by atoms with Crippen molar-refractivity contribution in [3.8, 4) is 5.75 Å². The molecule has 0 radical (unpaired) electrons. The first-order chi connectivity index (χ1) is 16.6. The lowest BCUT2D eigenvalue weighted by Gasteiger charge is -2.26. The predicted octanol–water partition coefficient (Wildman–Crippen LogP) is 1.68. The highest BCUT2D eigenvalue weighted by Crippen LogP contribution is 2.28. The monoisotopic (exact) mass is 525 g/mol. The van der Waals surface area contributed by atoms with Crippen molar-refractivity contribution >= 4 is 26.0 Å². The van der Waals surface area contributed by atoms with Crippen molar-refractivity contribution in [2.24, 2.45) is 0 Å². The Kier molecular flexibility index (Phi) is 8.89. The normalized spacial score (nSPS) is 15.2. The van der Waals surface area contributed by atoms with E-state index >= 15 is 0 Å². The van der Waals surface area contributed by atoms with Crippen LogP contribution in [-0.4, -0.2) is 77.9 Å². The smallest absolute Gasteiger partial charge is 0.251 e. The Labute approximate surface area is 206 Å². The summed E-state index contributed by atoms with van der Waals surface area (Å²) in [4.78, 5) is 12.9. The maximum absolute atomic E-state index is 13.0. The summed E-state index contributed by atoms with van der Waals surface area (Å²) in [5.41, 5.74) is 0.867. The Balaban J connectivity index is 1.73. The van der Waals surface area contributed by atoms with Gasteiger partial charge in [-0.1, -0.05) is 26.0 Å². The molecule has 1 aliphatic rings. The van der Waals surface area contributed by atoms with Crippen molar-refractivity contribution in [2.45, 2.75) is 30.2 Å². The average molecular weight is 526 g/mol. The number of carbonyl (C=O) groups is 1. The summed E-state index contributed by atoms with van der Waals surface area (Å²) >= 11 is 0. The molecule has 0 saturated carbocycles. The molecule has 2 aromatic rings. The van der Waals surface area contributed by atoms with E-state index < -0.39 is 26.0 Å². The van der Waals surface area contributed by atoms with Gasteiger partial charge in [0.05, 0.1) is 25.2 Å². The number of nitrogens with one attached hydrogen (secondary N) is 1. The van der Waals surface area contributed by atoms with Crippen LogP contribution in [-0.2, 0) is 31.3 Å². The molecular weight excluding hydrogens is 494 g/mol. The number of rotatable bonds is 10. The van der Waals surface area contributed by atoms with Crippen LogP contribution in [0.15, 0.2) is 52.3 Å². The number of ether oxygens (including phenoxy) is 2. The molecule has 0 bridgehead atoms. The number of morpholine rings is 1. The summed E-state index contributed by atoms with van der Waals surface area (Å²) in [6.45, 7) is 5.55. The number of benzene rings is 2. The first-order valence-corrected chi connectivity index (χ1v) is 14.2. The quantitative estimate of drug-likeness (QED) is 0.501. The molecule has 0 spiro atoms. The zero-order valence-corrected chi connectivity index (χ0v) is 21.7. The van der Waals surface area contributed by atoms with Gasteiger partial charge in [-0.05, 0) is 35.9 Å². The zero-order valence-electron chi connectivity index (χ0n) is 20.1. The van der Waals surface area contributed by atoms with Gasteiger partial charge in [0.1, 0.15) is 10.6 Å². The van der Waals surface area contributed by atoms with Crippen LogP contribution in [0.25, 0.3) is 0 Å². The standard InChI is InChI=1S/C23H31N3O7S2/c1-4-25(5-2)35(30,31)22-16-19(8-11-21(22)32-3)23(27)24-17-18-6-9-20(10-7-18)34(28,29)26-12-14-33-15-13-26/h6-11,16H,4-5,12-15,17H2,1-3H3,(H,24,27). The first kappa shape index (κ1) is 27.1. The molecule has 192 valence electrons. The van der Waals surface area contributed by atoms with Gasteiger partial charge in [0, 0.05) is 38.3 Å². The van der Waals surface area contributed by atoms with Gasteiger partial charge in [-0.2, -0.15) is 8.61 Å². The van der Waals surface area contributed by atoms with Gasteiger partial charge in [0.2, 0.25) is 20.0 Å². The molecule has 1 heterocycles. The molecule has 0 unspecified atom stereocenters. The van der Waals surface area contributed by atoms with E-state index in [9.17, 15) is 21.6 Å². The summed E-state index contributed by atoms with van der Waals surface area (Å²) in [7, 11) is -6.06. The van der Waals surface area contributed by atoms with Gasteiger partial charge < -0.3 is 14.8 Å². The summed E-state index contributed by atoms with van der Waals surface area (Å²) in [6.07, 6.45) is 0. The van der Waals surface area contributed by atoms with E-state index in [1.54, 1.807) is 26.0 Å². The SMILES string of the molecule is CCN(CC)S(=O)(=O)c1cc(C(=O)NCc2ccc(S(=O)(=O)N3CCOCC3)cc2)ccc1OC. The van der Waals surface area contributed by atoms with Crippen LogP contribution in [0.3, 0.4) is 0 Å². The number of amides is 1. The fourth-order valence-electron chi connectivity index (χ4n) is 3.72. The van der Waals surface area contributed by atoms with Gasteiger partial charge in [-0.3, -0.25) is 4.79 Å². The highest BCUT2D eigenvalue weighted by atomic mass is 32.2. The molecule has 2 aromatic carbocycles.